The quantitative estimate of drug-likeness (QED) is 0.628. The molecule has 0 unspecified atom stereocenters. The van der Waals surface area contributed by atoms with E-state index < -0.39 is 17.5 Å². The molecule has 0 saturated carbocycles. The number of benzene rings is 1. The Balaban J connectivity index is 2.60. The summed E-state index contributed by atoms with van der Waals surface area (Å²) in [5, 5.41) is 0. The van der Waals surface area contributed by atoms with Gasteiger partial charge in [-0.1, -0.05) is 0 Å². The molecule has 1 aromatic heterocycles. The molecule has 0 radical (unpaired) electrons. The van der Waals surface area contributed by atoms with E-state index in [0.29, 0.717) is 5.56 Å². The number of hydrogen-bond acceptors (Lipinski definition) is 0. The molecule has 0 aliphatic heterocycles. The maximum atomic E-state index is 13.3. The Morgan fingerprint density at radius 3 is 2.40 bits per heavy atom. The van der Waals surface area contributed by atoms with Gasteiger partial charge in [-0.3, -0.25) is 0 Å². The van der Waals surface area contributed by atoms with Crippen molar-refractivity contribution in [2.24, 2.45) is 0 Å². The van der Waals surface area contributed by atoms with Crippen LogP contribution in [0.25, 0.3) is 11.1 Å². The molecule has 0 nitrogen and oxygen atoms in total. The fourth-order valence-corrected chi connectivity index (χ4v) is 1.37. The summed E-state index contributed by atoms with van der Waals surface area (Å²) in [4.78, 5) is 0. The molecule has 0 fully saturated rings. The SMILES string of the molecule is Fc1ccc(-c2cbccc2)c(F)c1F. The molecule has 0 aliphatic carbocycles. The van der Waals surface area contributed by atoms with E-state index in [2.05, 4.69) is 0 Å². The van der Waals surface area contributed by atoms with Crippen LogP contribution in [-0.4, -0.2) is 6.91 Å². The van der Waals surface area contributed by atoms with Crippen LogP contribution >= 0.6 is 0 Å². The zero-order valence-electron chi connectivity index (χ0n) is 7.68. The normalized spacial score (nSPS) is 10.1. The first kappa shape index (κ1) is 9.96. The van der Waals surface area contributed by atoms with Crippen LogP contribution < -0.4 is 0 Å². The van der Waals surface area contributed by atoms with Crippen molar-refractivity contribution < 1.29 is 13.2 Å². The van der Waals surface area contributed by atoms with Crippen LogP contribution in [-0.2, 0) is 0 Å². The van der Waals surface area contributed by atoms with Gasteiger partial charge in [-0.25, -0.2) is 0 Å². The predicted octanol–water partition coefficient (Wildman–Crippen LogP) is 3.11. The summed E-state index contributed by atoms with van der Waals surface area (Å²) < 4.78 is 38.9. The Morgan fingerprint density at radius 1 is 0.933 bits per heavy atom. The van der Waals surface area contributed by atoms with Gasteiger partial charge in [-0.2, -0.15) is 0 Å². The van der Waals surface area contributed by atoms with E-state index in [4.69, 9.17) is 0 Å². The Hall–Kier alpha value is -1.58. The van der Waals surface area contributed by atoms with Gasteiger partial charge < -0.3 is 0 Å². The maximum absolute atomic E-state index is 13.3. The minimum absolute atomic E-state index is 0.0644. The monoisotopic (exact) mass is 206 g/mol. The third kappa shape index (κ3) is 1.80. The van der Waals surface area contributed by atoms with E-state index in [9.17, 15) is 13.2 Å². The molecule has 0 N–H and O–H groups in total. The molecule has 0 spiro atoms. The molecule has 0 atom stereocenters. The van der Waals surface area contributed by atoms with Crippen LogP contribution in [0.3, 0.4) is 0 Å². The number of rotatable bonds is 1. The second-order valence-electron chi connectivity index (χ2n) is 3.09. The molecule has 0 saturated heterocycles. The van der Waals surface area contributed by atoms with Crippen molar-refractivity contribution in [3.05, 3.63) is 53.6 Å². The summed E-state index contributed by atoms with van der Waals surface area (Å²) in [6, 6.07) is 5.48. The van der Waals surface area contributed by atoms with E-state index in [0.717, 1.165) is 6.07 Å². The summed E-state index contributed by atoms with van der Waals surface area (Å²) in [6.45, 7) is 1.70. The first-order valence-electron chi connectivity index (χ1n) is 4.39. The van der Waals surface area contributed by atoms with Crippen molar-refractivity contribution >= 4 is 6.91 Å². The Kier molecular flexibility index (Phi) is 2.58. The van der Waals surface area contributed by atoms with Crippen molar-refractivity contribution in [2.45, 2.75) is 0 Å². The van der Waals surface area contributed by atoms with Crippen molar-refractivity contribution in [1.82, 2.24) is 0 Å². The second kappa shape index (κ2) is 3.89. The third-order valence-electron chi connectivity index (χ3n) is 2.12. The van der Waals surface area contributed by atoms with Crippen molar-refractivity contribution in [3.8, 4) is 11.1 Å². The average Bonchev–Trinajstić information content (AvgIpc) is 2.27. The summed E-state index contributed by atoms with van der Waals surface area (Å²) in [5.41, 5.74) is 0.586. The fourth-order valence-electron chi connectivity index (χ4n) is 1.37. The molecule has 0 amide bonds. The molecule has 15 heavy (non-hydrogen) atoms. The van der Waals surface area contributed by atoms with Crippen LogP contribution in [0.2, 0.25) is 0 Å². The topological polar surface area (TPSA) is 0 Å². The fraction of sp³-hybridized carbons (Fsp3) is 0. The van der Waals surface area contributed by atoms with Gasteiger partial charge in [0.2, 0.25) is 0 Å². The summed E-state index contributed by atoms with van der Waals surface area (Å²) in [7, 11) is 0. The molecule has 4 heteroatoms. The Labute approximate surface area is 85.6 Å². The molecule has 74 valence electrons. The van der Waals surface area contributed by atoms with Gasteiger partial charge in [-0.05, 0) is 0 Å². The van der Waals surface area contributed by atoms with Crippen LogP contribution in [0.1, 0.15) is 0 Å². The number of hydrogen-bond donors (Lipinski definition) is 0. The zero-order valence-corrected chi connectivity index (χ0v) is 7.68. The van der Waals surface area contributed by atoms with E-state index >= 15 is 0 Å². The van der Waals surface area contributed by atoms with Crippen molar-refractivity contribution in [1.29, 1.82) is 0 Å². The zero-order chi connectivity index (χ0) is 10.8. The molecule has 2 rings (SSSR count). The summed E-state index contributed by atoms with van der Waals surface area (Å²) in [6.07, 6.45) is 0. The van der Waals surface area contributed by atoms with Gasteiger partial charge in [0.15, 0.2) is 0 Å². The first-order valence-corrected chi connectivity index (χ1v) is 4.39. The van der Waals surface area contributed by atoms with Crippen LogP contribution in [0.4, 0.5) is 13.2 Å². The molecule has 0 bridgehead atoms. The van der Waals surface area contributed by atoms with E-state index in [1.54, 1.807) is 31.0 Å². The standard InChI is InChI=1S/C11H6BF3/c13-9-4-3-8(10(14)11(9)15)7-2-1-5-12-6-7/h1-6H. The summed E-state index contributed by atoms with van der Waals surface area (Å²) in [5.74, 6) is -0.360. The van der Waals surface area contributed by atoms with E-state index in [1.165, 1.54) is 6.07 Å². The third-order valence-corrected chi connectivity index (χ3v) is 2.12. The predicted molar refractivity (Wildman–Crippen MR) is 53.1 cm³/mol. The Morgan fingerprint density at radius 2 is 1.73 bits per heavy atom. The minimum atomic E-state index is -1.43. The van der Waals surface area contributed by atoms with Crippen LogP contribution in [0.15, 0.2) is 36.2 Å². The molecular weight excluding hydrogens is 200 g/mol. The van der Waals surface area contributed by atoms with Crippen LogP contribution in [0, 0.1) is 17.5 Å². The van der Waals surface area contributed by atoms with Gasteiger partial charge >= 0.3 is 84.8 Å². The molecule has 0 aliphatic rings. The van der Waals surface area contributed by atoms with Gasteiger partial charge in [-0.15, -0.1) is 0 Å². The second-order valence-corrected chi connectivity index (χ2v) is 3.09. The van der Waals surface area contributed by atoms with Crippen molar-refractivity contribution in [3.63, 3.8) is 0 Å². The molecule has 2 aromatic rings. The van der Waals surface area contributed by atoms with Crippen LogP contribution in [0.5, 0.6) is 0 Å². The summed E-state index contributed by atoms with van der Waals surface area (Å²) >= 11 is 0. The Bertz CT molecular complexity index is 483. The van der Waals surface area contributed by atoms with E-state index in [-0.39, 0.29) is 5.56 Å². The molecule has 1 aromatic carbocycles. The molecular formula is C11H6BF3. The van der Waals surface area contributed by atoms with Gasteiger partial charge in [0.25, 0.3) is 0 Å². The number of halogens is 3. The van der Waals surface area contributed by atoms with Crippen molar-refractivity contribution in [2.75, 3.05) is 0 Å². The van der Waals surface area contributed by atoms with Gasteiger partial charge in [0.1, 0.15) is 0 Å². The first-order chi connectivity index (χ1) is 7.20. The molecule has 1 heterocycles. The average molecular weight is 206 g/mol. The van der Waals surface area contributed by atoms with Gasteiger partial charge in [0.05, 0.1) is 0 Å². The van der Waals surface area contributed by atoms with E-state index in [1.807, 2.05) is 0 Å². The van der Waals surface area contributed by atoms with Gasteiger partial charge in [0, 0.05) is 0 Å².